The number of ether oxygens (including phenoxy) is 1. The van der Waals surface area contributed by atoms with Gasteiger partial charge in [-0.15, -0.1) is 11.3 Å². The lowest BCUT2D eigenvalue weighted by molar-refractivity contribution is 0.402. The predicted octanol–water partition coefficient (Wildman–Crippen LogP) is 2.10. The van der Waals surface area contributed by atoms with Crippen molar-refractivity contribution in [3.63, 3.8) is 0 Å². The summed E-state index contributed by atoms with van der Waals surface area (Å²) in [6.07, 6.45) is 3.77. The molecule has 1 fully saturated rings. The quantitative estimate of drug-likeness (QED) is 0.861. The van der Waals surface area contributed by atoms with Crippen molar-refractivity contribution >= 4 is 26.5 Å². The Kier molecular flexibility index (Phi) is 4.84. The summed E-state index contributed by atoms with van der Waals surface area (Å²) in [4.78, 5) is 6.67. The Balaban J connectivity index is 1.72. The van der Waals surface area contributed by atoms with Crippen LogP contribution in [0.25, 0.3) is 0 Å². The molecule has 23 heavy (non-hydrogen) atoms. The fraction of sp³-hybridized carbons (Fsp3) is 0.400. The number of anilines is 1. The number of para-hydroxylation sites is 1. The van der Waals surface area contributed by atoms with Crippen molar-refractivity contribution in [2.24, 2.45) is 0 Å². The molecule has 0 bridgehead atoms. The van der Waals surface area contributed by atoms with E-state index in [1.807, 2.05) is 5.38 Å². The van der Waals surface area contributed by atoms with E-state index in [0.29, 0.717) is 12.3 Å². The van der Waals surface area contributed by atoms with Crippen LogP contribution >= 0.6 is 11.3 Å². The number of rotatable bonds is 6. The van der Waals surface area contributed by atoms with Crippen LogP contribution in [0.1, 0.15) is 12.8 Å². The van der Waals surface area contributed by atoms with Crippen LogP contribution in [0, 0.1) is 0 Å². The van der Waals surface area contributed by atoms with Gasteiger partial charge in [0, 0.05) is 30.7 Å². The van der Waals surface area contributed by atoms with Crippen molar-refractivity contribution in [3.05, 3.63) is 35.8 Å². The number of nitrogens with zero attached hydrogens (tertiary/aromatic N) is 2. The summed E-state index contributed by atoms with van der Waals surface area (Å²) in [5.74, 6) is 0.350. The fourth-order valence-electron chi connectivity index (χ4n) is 2.78. The number of nitrogens with one attached hydrogen (secondary N) is 1. The van der Waals surface area contributed by atoms with Gasteiger partial charge in [0.05, 0.1) is 7.11 Å². The summed E-state index contributed by atoms with van der Waals surface area (Å²) in [6.45, 7) is 1.27. The zero-order valence-electron chi connectivity index (χ0n) is 12.8. The van der Waals surface area contributed by atoms with Crippen molar-refractivity contribution in [2.75, 3.05) is 25.1 Å². The molecular formula is C15H19N3O3S2. The van der Waals surface area contributed by atoms with Crippen molar-refractivity contribution < 1.29 is 13.2 Å². The Bertz CT molecular complexity index is 747. The minimum atomic E-state index is -3.60. The molecular weight excluding hydrogens is 334 g/mol. The number of hydrogen-bond donors (Lipinski definition) is 1. The van der Waals surface area contributed by atoms with E-state index in [4.69, 9.17) is 4.74 Å². The first-order chi connectivity index (χ1) is 11.1. The average Bonchev–Trinajstić information content (AvgIpc) is 3.23. The van der Waals surface area contributed by atoms with E-state index in [9.17, 15) is 8.42 Å². The lowest BCUT2D eigenvalue weighted by Gasteiger charge is -2.24. The third kappa shape index (κ3) is 3.49. The van der Waals surface area contributed by atoms with Crippen molar-refractivity contribution in [3.8, 4) is 5.75 Å². The highest BCUT2D eigenvalue weighted by Gasteiger charge is 2.28. The SMILES string of the molecule is COc1ccccc1S(=O)(=O)NCC1CCCN1c1nccs1. The molecule has 6 nitrogen and oxygen atoms in total. The van der Waals surface area contributed by atoms with Crippen LogP contribution in [0.4, 0.5) is 5.13 Å². The van der Waals surface area contributed by atoms with Gasteiger partial charge in [0.25, 0.3) is 0 Å². The average molecular weight is 353 g/mol. The third-order valence-electron chi connectivity index (χ3n) is 3.91. The Morgan fingerprint density at radius 2 is 2.26 bits per heavy atom. The van der Waals surface area contributed by atoms with Gasteiger partial charge in [0.2, 0.25) is 10.0 Å². The highest BCUT2D eigenvalue weighted by molar-refractivity contribution is 7.89. The highest BCUT2D eigenvalue weighted by Crippen LogP contribution is 2.27. The molecule has 124 valence electrons. The van der Waals surface area contributed by atoms with Crippen molar-refractivity contribution in [2.45, 2.75) is 23.8 Å². The maximum absolute atomic E-state index is 12.5. The van der Waals surface area contributed by atoms with Crippen LogP contribution in [0.5, 0.6) is 5.75 Å². The van der Waals surface area contributed by atoms with Crippen molar-refractivity contribution in [1.29, 1.82) is 0 Å². The molecule has 0 saturated carbocycles. The van der Waals surface area contributed by atoms with Crippen LogP contribution in [-0.4, -0.2) is 39.6 Å². The lowest BCUT2D eigenvalue weighted by atomic mass is 10.2. The first-order valence-corrected chi connectivity index (χ1v) is 9.77. The van der Waals surface area contributed by atoms with E-state index in [1.165, 1.54) is 7.11 Å². The van der Waals surface area contributed by atoms with Crippen LogP contribution in [0.3, 0.4) is 0 Å². The largest absolute Gasteiger partial charge is 0.495 e. The first-order valence-electron chi connectivity index (χ1n) is 7.40. The van der Waals surface area contributed by atoms with Crippen LogP contribution in [0.15, 0.2) is 40.7 Å². The number of thiazole rings is 1. The van der Waals surface area contributed by atoms with E-state index in [2.05, 4.69) is 14.6 Å². The molecule has 1 aliphatic rings. The fourth-order valence-corrected chi connectivity index (χ4v) is 4.76. The number of sulfonamides is 1. The van der Waals surface area contributed by atoms with Crippen LogP contribution in [-0.2, 0) is 10.0 Å². The Labute approximate surface area is 140 Å². The molecule has 8 heteroatoms. The second-order valence-corrected chi connectivity index (χ2v) is 7.92. The van der Waals surface area contributed by atoms with Gasteiger partial charge in [0.15, 0.2) is 5.13 Å². The zero-order chi connectivity index (χ0) is 16.3. The van der Waals surface area contributed by atoms with Gasteiger partial charge >= 0.3 is 0 Å². The lowest BCUT2D eigenvalue weighted by Crippen LogP contribution is -2.40. The molecule has 1 unspecified atom stereocenters. The standard InChI is InChI=1S/C15H19N3O3S2/c1-21-13-6-2-3-7-14(13)23(19,20)17-11-12-5-4-9-18(12)15-16-8-10-22-15/h2-3,6-8,10,12,17H,4-5,9,11H2,1H3. The number of methoxy groups -OCH3 is 1. The molecule has 1 saturated heterocycles. The number of benzene rings is 1. The highest BCUT2D eigenvalue weighted by atomic mass is 32.2. The summed E-state index contributed by atoms with van der Waals surface area (Å²) in [6, 6.07) is 6.76. The Hall–Kier alpha value is -1.64. The molecule has 0 radical (unpaired) electrons. The van der Waals surface area contributed by atoms with Gasteiger partial charge in [-0.1, -0.05) is 12.1 Å². The summed E-state index contributed by atoms with van der Waals surface area (Å²) in [7, 11) is -2.13. The molecule has 0 aliphatic carbocycles. The number of aromatic nitrogens is 1. The summed E-state index contributed by atoms with van der Waals surface area (Å²) in [5.41, 5.74) is 0. The van der Waals surface area contributed by atoms with E-state index < -0.39 is 10.0 Å². The minimum absolute atomic E-state index is 0.130. The predicted molar refractivity (Wildman–Crippen MR) is 90.7 cm³/mol. The normalized spacial score (nSPS) is 18.3. The van der Waals surface area contributed by atoms with Crippen LogP contribution < -0.4 is 14.4 Å². The number of hydrogen-bond acceptors (Lipinski definition) is 6. The molecule has 2 heterocycles. The van der Waals surface area contributed by atoms with Crippen LogP contribution in [0.2, 0.25) is 0 Å². The second kappa shape index (κ2) is 6.86. The zero-order valence-corrected chi connectivity index (χ0v) is 14.4. The first kappa shape index (κ1) is 16.2. The van der Waals surface area contributed by atoms with E-state index in [-0.39, 0.29) is 10.9 Å². The van der Waals surface area contributed by atoms with Gasteiger partial charge in [0.1, 0.15) is 10.6 Å². The van der Waals surface area contributed by atoms with Gasteiger partial charge in [-0.3, -0.25) is 0 Å². The van der Waals surface area contributed by atoms with Gasteiger partial charge < -0.3 is 9.64 Å². The Morgan fingerprint density at radius 1 is 1.43 bits per heavy atom. The summed E-state index contributed by atoms with van der Waals surface area (Å²) in [5, 5.41) is 2.88. The smallest absolute Gasteiger partial charge is 0.244 e. The molecule has 1 N–H and O–H groups in total. The molecule has 1 aromatic carbocycles. The summed E-state index contributed by atoms with van der Waals surface area (Å²) >= 11 is 1.58. The molecule has 3 rings (SSSR count). The van der Waals surface area contributed by atoms with Crippen molar-refractivity contribution in [1.82, 2.24) is 9.71 Å². The minimum Gasteiger partial charge on any atom is -0.495 e. The van der Waals surface area contributed by atoms with E-state index in [1.54, 1.807) is 41.8 Å². The molecule has 1 aliphatic heterocycles. The molecule has 0 amide bonds. The Morgan fingerprint density at radius 3 is 3.00 bits per heavy atom. The van der Waals surface area contributed by atoms with Gasteiger partial charge in [-0.2, -0.15) is 0 Å². The molecule has 0 spiro atoms. The maximum atomic E-state index is 12.5. The van der Waals surface area contributed by atoms with Gasteiger partial charge in [-0.25, -0.2) is 18.1 Å². The molecule has 2 aromatic rings. The van der Waals surface area contributed by atoms with E-state index >= 15 is 0 Å². The van der Waals surface area contributed by atoms with E-state index in [0.717, 1.165) is 24.5 Å². The third-order valence-corrected chi connectivity index (χ3v) is 6.18. The molecule has 1 atom stereocenters. The van der Waals surface area contributed by atoms with Gasteiger partial charge in [-0.05, 0) is 25.0 Å². The molecule has 1 aromatic heterocycles. The maximum Gasteiger partial charge on any atom is 0.244 e. The summed E-state index contributed by atoms with van der Waals surface area (Å²) < 4.78 is 32.9. The second-order valence-electron chi connectivity index (χ2n) is 5.31. The topological polar surface area (TPSA) is 71.5 Å². The monoisotopic (exact) mass is 353 g/mol.